The molecule has 0 spiro atoms. The fourth-order valence-electron chi connectivity index (χ4n) is 1.61. The van der Waals surface area contributed by atoms with Gasteiger partial charge in [-0.3, -0.25) is 9.69 Å². The van der Waals surface area contributed by atoms with E-state index in [-0.39, 0.29) is 16.4 Å². The van der Waals surface area contributed by atoms with Crippen molar-refractivity contribution >= 4 is 23.3 Å². The minimum absolute atomic E-state index is 0.125. The van der Waals surface area contributed by atoms with Crippen molar-refractivity contribution in [2.24, 2.45) is 0 Å². The largest absolute Gasteiger partial charge is 0.359 e. The molecule has 5 heteroatoms. The molecule has 0 bridgehead atoms. The van der Waals surface area contributed by atoms with E-state index in [1.165, 1.54) is 4.90 Å². The van der Waals surface area contributed by atoms with Gasteiger partial charge in [-0.25, -0.2) is 0 Å². The highest BCUT2D eigenvalue weighted by Crippen LogP contribution is 2.30. The fourth-order valence-corrected chi connectivity index (χ4v) is 1.77. The van der Waals surface area contributed by atoms with Gasteiger partial charge in [-0.1, -0.05) is 37.5 Å². The van der Waals surface area contributed by atoms with Crippen molar-refractivity contribution in [2.45, 2.75) is 33.1 Å². The van der Waals surface area contributed by atoms with Crippen LogP contribution in [0.1, 0.15) is 33.5 Å². The summed E-state index contributed by atoms with van der Waals surface area (Å²) in [6, 6.07) is 1.79. The van der Waals surface area contributed by atoms with Gasteiger partial charge < -0.3 is 4.52 Å². The third-order valence-electron chi connectivity index (χ3n) is 2.72. The Morgan fingerprint density at radius 2 is 2.12 bits per heavy atom. The summed E-state index contributed by atoms with van der Waals surface area (Å²) in [4.78, 5) is 13.4. The zero-order chi connectivity index (χ0) is 12.8. The molecule has 1 aromatic heterocycles. The molecule has 0 atom stereocenters. The summed E-state index contributed by atoms with van der Waals surface area (Å²) in [6.07, 6.45) is 0. The molecule has 0 N–H and O–H groups in total. The molecule has 2 heterocycles. The van der Waals surface area contributed by atoms with E-state index in [2.05, 4.69) is 5.16 Å². The fraction of sp³-hybridized carbons (Fsp3) is 0.500. The molecule has 0 saturated heterocycles. The zero-order valence-electron chi connectivity index (χ0n) is 10.4. The lowest BCUT2D eigenvalue weighted by Crippen LogP contribution is -2.26. The van der Waals surface area contributed by atoms with E-state index in [1.807, 2.05) is 27.7 Å². The van der Waals surface area contributed by atoms with Crippen LogP contribution in [0.4, 0.5) is 5.82 Å². The van der Waals surface area contributed by atoms with Crippen molar-refractivity contribution in [2.75, 3.05) is 11.4 Å². The maximum atomic E-state index is 11.8. The Balaban J connectivity index is 2.27. The molecule has 0 aliphatic carbocycles. The Morgan fingerprint density at radius 3 is 2.53 bits per heavy atom. The van der Waals surface area contributed by atoms with Crippen LogP contribution in [0.15, 0.2) is 21.2 Å². The summed E-state index contributed by atoms with van der Waals surface area (Å²) >= 11 is 5.88. The van der Waals surface area contributed by atoms with Crippen molar-refractivity contribution in [1.29, 1.82) is 0 Å². The van der Waals surface area contributed by atoms with Crippen LogP contribution in [-0.2, 0) is 10.2 Å². The SMILES string of the molecule is CC1=C(Cl)C(=O)N(c2cc(C(C)(C)C)on2)C1. The van der Waals surface area contributed by atoms with Gasteiger partial charge in [0.25, 0.3) is 5.91 Å². The van der Waals surface area contributed by atoms with E-state index in [1.54, 1.807) is 6.07 Å². The third kappa shape index (κ3) is 2.09. The van der Waals surface area contributed by atoms with Gasteiger partial charge in [-0.05, 0) is 12.5 Å². The summed E-state index contributed by atoms with van der Waals surface area (Å²) in [5.74, 6) is 1.06. The van der Waals surface area contributed by atoms with Gasteiger partial charge >= 0.3 is 0 Å². The molecule has 0 radical (unpaired) electrons. The van der Waals surface area contributed by atoms with E-state index in [0.717, 1.165) is 11.3 Å². The Bertz CT molecular complexity index is 497. The smallest absolute Gasteiger partial charge is 0.271 e. The molecule has 1 aliphatic rings. The first-order chi connectivity index (χ1) is 7.80. The number of nitrogens with zero attached hydrogens (tertiary/aromatic N) is 2. The number of carbonyl (C=O) groups excluding carboxylic acids is 1. The minimum Gasteiger partial charge on any atom is -0.359 e. The molecule has 2 rings (SSSR count). The molecule has 17 heavy (non-hydrogen) atoms. The highest BCUT2D eigenvalue weighted by Gasteiger charge is 2.31. The number of carbonyl (C=O) groups is 1. The molecule has 1 aromatic rings. The first-order valence-electron chi connectivity index (χ1n) is 5.45. The second kappa shape index (κ2) is 3.88. The van der Waals surface area contributed by atoms with Gasteiger partial charge in [0.05, 0.1) is 6.54 Å². The Kier molecular flexibility index (Phi) is 2.78. The lowest BCUT2D eigenvalue weighted by Gasteiger charge is -2.13. The van der Waals surface area contributed by atoms with E-state index >= 15 is 0 Å². The van der Waals surface area contributed by atoms with Crippen LogP contribution in [0, 0.1) is 0 Å². The number of hydrogen-bond acceptors (Lipinski definition) is 3. The standard InChI is InChI=1S/C12H15ClN2O2/c1-7-6-15(11(16)10(7)13)9-5-8(17-14-9)12(2,3)4/h5H,6H2,1-4H3. The van der Waals surface area contributed by atoms with Crippen LogP contribution < -0.4 is 4.90 Å². The summed E-state index contributed by atoms with van der Waals surface area (Å²) in [5, 5.41) is 4.21. The van der Waals surface area contributed by atoms with Crippen molar-refractivity contribution in [3.8, 4) is 0 Å². The molecule has 4 nitrogen and oxygen atoms in total. The molecule has 0 saturated carbocycles. The third-order valence-corrected chi connectivity index (χ3v) is 3.20. The quantitative estimate of drug-likeness (QED) is 0.774. The van der Waals surface area contributed by atoms with E-state index in [0.29, 0.717) is 12.4 Å². The van der Waals surface area contributed by atoms with Crippen molar-refractivity contribution < 1.29 is 9.32 Å². The second-order valence-electron chi connectivity index (χ2n) is 5.28. The van der Waals surface area contributed by atoms with Crippen LogP contribution in [0.3, 0.4) is 0 Å². The molecule has 92 valence electrons. The van der Waals surface area contributed by atoms with Crippen molar-refractivity contribution in [1.82, 2.24) is 5.16 Å². The number of hydrogen-bond donors (Lipinski definition) is 0. The summed E-state index contributed by atoms with van der Waals surface area (Å²) in [6.45, 7) is 8.40. The topological polar surface area (TPSA) is 46.3 Å². The Labute approximate surface area is 105 Å². The van der Waals surface area contributed by atoms with Crippen LogP contribution in [0.25, 0.3) is 0 Å². The molecular formula is C12H15ClN2O2. The van der Waals surface area contributed by atoms with Gasteiger partial charge in [-0.2, -0.15) is 0 Å². The first kappa shape index (κ1) is 12.2. The zero-order valence-corrected chi connectivity index (χ0v) is 11.1. The lowest BCUT2D eigenvalue weighted by molar-refractivity contribution is -0.114. The highest BCUT2D eigenvalue weighted by atomic mass is 35.5. The molecule has 0 fully saturated rings. The lowest BCUT2D eigenvalue weighted by atomic mass is 9.93. The van der Waals surface area contributed by atoms with Crippen LogP contribution in [0.5, 0.6) is 0 Å². The van der Waals surface area contributed by atoms with Gasteiger partial charge in [0, 0.05) is 11.5 Å². The molecular weight excluding hydrogens is 240 g/mol. The number of aromatic nitrogens is 1. The van der Waals surface area contributed by atoms with Crippen LogP contribution in [0.2, 0.25) is 0 Å². The normalized spacial score (nSPS) is 17.2. The summed E-state index contributed by atoms with van der Waals surface area (Å²) in [5.41, 5.74) is 0.734. The molecule has 1 aliphatic heterocycles. The number of rotatable bonds is 1. The predicted octanol–water partition coefficient (Wildman–Crippen LogP) is 2.83. The van der Waals surface area contributed by atoms with Gasteiger partial charge in [0.2, 0.25) is 0 Å². The van der Waals surface area contributed by atoms with Gasteiger partial charge in [-0.15, -0.1) is 0 Å². The van der Waals surface area contributed by atoms with Crippen molar-refractivity contribution in [3.05, 3.63) is 22.4 Å². The summed E-state index contributed by atoms with van der Waals surface area (Å²) in [7, 11) is 0. The average molecular weight is 255 g/mol. The predicted molar refractivity (Wildman–Crippen MR) is 66.1 cm³/mol. The minimum atomic E-state index is -0.210. The van der Waals surface area contributed by atoms with Gasteiger partial charge in [0.1, 0.15) is 10.8 Å². The van der Waals surface area contributed by atoms with E-state index in [9.17, 15) is 4.79 Å². The molecule has 0 aromatic carbocycles. The maximum Gasteiger partial charge on any atom is 0.271 e. The van der Waals surface area contributed by atoms with E-state index < -0.39 is 0 Å². The average Bonchev–Trinajstić information content (AvgIpc) is 2.79. The Morgan fingerprint density at radius 1 is 1.47 bits per heavy atom. The number of anilines is 1. The molecule has 0 unspecified atom stereocenters. The van der Waals surface area contributed by atoms with Crippen LogP contribution in [-0.4, -0.2) is 17.6 Å². The second-order valence-corrected chi connectivity index (χ2v) is 5.66. The molecule has 1 amide bonds. The Hall–Kier alpha value is -1.29. The van der Waals surface area contributed by atoms with E-state index in [4.69, 9.17) is 16.1 Å². The number of halogens is 1. The summed E-state index contributed by atoms with van der Waals surface area (Å²) < 4.78 is 5.25. The van der Waals surface area contributed by atoms with Crippen molar-refractivity contribution in [3.63, 3.8) is 0 Å². The highest BCUT2D eigenvalue weighted by molar-refractivity contribution is 6.45. The first-order valence-corrected chi connectivity index (χ1v) is 5.83. The maximum absolute atomic E-state index is 11.8. The monoisotopic (exact) mass is 254 g/mol. The van der Waals surface area contributed by atoms with Crippen LogP contribution >= 0.6 is 11.6 Å². The van der Waals surface area contributed by atoms with Gasteiger partial charge in [0.15, 0.2) is 5.82 Å². The number of amides is 1.